The summed E-state index contributed by atoms with van der Waals surface area (Å²) >= 11 is 0. The Morgan fingerprint density at radius 1 is 1.46 bits per heavy atom. The van der Waals surface area contributed by atoms with Gasteiger partial charge in [0.2, 0.25) is 0 Å². The molecule has 0 radical (unpaired) electrons. The summed E-state index contributed by atoms with van der Waals surface area (Å²) in [4.78, 5) is 10.2. The maximum atomic E-state index is 10.2. The van der Waals surface area contributed by atoms with Crippen LogP contribution in [0.25, 0.3) is 0 Å². The average Bonchev–Trinajstić information content (AvgIpc) is 2.49. The highest BCUT2D eigenvalue weighted by atomic mass is 33.1. The summed E-state index contributed by atoms with van der Waals surface area (Å²) in [5.41, 5.74) is 0. The van der Waals surface area contributed by atoms with Crippen LogP contribution in [-0.2, 0) is 4.79 Å². The zero-order valence-electron chi connectivity index (χ0n) is 6.99. The lowest BCUT2D eigenvalue weighted by Gasteiger charge is -2.04. The molecule has 4 heteroatoms. The lowest BCUT2D eigenvalue weighted by molar-refractivity contribution is -0.137. The van der Waals surface area contributed by atoms with Crippen LogP contribution in [0, 0.1) is 0 Å². The van der Waals surface area contributed by atoms with Gasteiger partial charge in [-0.15, -0.1) is 0 Å². The van der Waals surface area contributed by atoms with Crippen molar-refractivity contribution in [2.75, 3.05) is 5.75 Å². The number of rotatable bonds is 5. The van der Waals surface area contributed by atoms with Gasteiger partial charge >= 0.3 is 5.97 Å². The van der Waals surface area contributed by atoms with Gasteiger partial charge in [0.25, 0.3) is 0 Å². The van der Waals surface area contributed by atoms with E-state index in [0.717, 1.165) is 18.1 Å². The number of aliphatic carboxylic acids is 1. The molecule has 0 aromatic rings. The maximum Gasteiger partial charge on any atom is 0.303 e. The molecule has 0 unspecified atom stereocenters. The lowest BCUT2D eigenvalue weighted by Crippen LogP contribution is -1.99. The summed E-state index contributed by atoms with van der Waals surface area (Å²) in [6.07, 6.45) is 4.76. The molecule has 13 heavy (non-hydrogen) atoms. The second-order valence-electron chi connectivity index (χ2n) is 2.97. The highest BCUT2D eigenvalue weighted by Gasteiger charge is 2.15. The van der Waals surface area contributed by atoms with E-state index in [-0.39, 0.29) is 7.43 Å². The molecule has 1 saturated heterocycles. The van der Waals surface area contributed by atoms with Gasteiger partial charge < -0.3 is 5.11 Å². The first-order chi connectivity index (χ1) is 5.79. The van der Waals surface area contributed by atoms with E-state index in [1.165, 1.54) is 18.6 Å². The lowest BCUT2D eigenvalue weighted by atomic mass is 10.1. The molecule has 78 valence electrons. The fourth-order valence-corrected chi connectivity index (χ4v) is 4.24. The predicted molar refractivity (Wildman–Crippen MR) is 61.3 cm³/mol. The van der Waals surface area contributed by atoms with Gasteiger partial charge in [0.15, 0.2) is 0 Å². The van der Waals surface area contributed by atoms with E-state index in [0.29, 0.717) is 6.42 Å². The summed E-state index contributed by atoms with van der Waals surface area (Å²) < 4.78 is 0. The van der Waals surface area contributed by atoms with Crippen molar-refractivity contribution in [2.24, 2.45) is 0 Å². The SMILES string of the molecule is C.O=C(O)CCCC[C@@H]1CCSS1. The molecule has 0 amide bonds. The Morgan fingerprint density at radius 3 is 2.77 bits per heavy atom. The van der Waals surface area contributed by atoms with Crippen LogP contribution in [0.15, 0.2) is 0 Å². The van der Waals surface area contributed by atoms with E-state index in [1.54, 1.807) is 0 Å². The van der Waals surface area contributed by atoms with Crippen molar-refractivity contribution in [1.29, 1.82) is 0 Å². The van der Waals surface area contributed by atoms with Crippen molar-refractivity contribution in [3.8, 4) is 0 Å². The van der Waals surface area contributed by atoms with Crippen LogP contribution in [-0.4, -0.2) is 22.1 Å². The van der Waals surface area contributed by atoms with Crippen molar-refractivity contribution < 1.29 is 9.90 Å². The smallest absolute Gasteiger partial charge is 0.303 e. The van der Waals surface area contributed by atoms with Gasteiger partial charge in [0.1, 0.15) is 0 Å². The largest absolute Gasteiger partial charge is 0.481 e. The number of hydrogen-bond acceptors (Lipinski definition) is 3. The second kappa shape index (κ2) is 7.56. The van der Waals surface area contributed by atoms with Gasteiger partial charge in [-0.1, -0.05) is 35.4 Å². The summed E-state index contributed by atoms with van der Waals surface area (Å²) in [7, 11) is 3.92. The van der Waals surface area contributed by atoms with Crippen molar-refractivity contribution in [1.82, 2.24) is 0 Å². The molecule has 0 aromatic carbocycles. The van der Waals surface area contributed by atoms with Gasteiger partial charge in [0.05, 0.1) is 0 Å². The molecule has 1 N–H and O–H groups in total. The van der Waals surface area contributed by atoms with Crippen LogP contribution in [0.1, 0.15) is 39.5 Å². The molecule has 2 nitrogen and oxygen atoms in total. The number of carbonyl (C=O) groups is 1. The third-order valence-electron chi connectivity index (χ3n) is 1.89. The van der Waals surface area contributed by atoms with Crippen molar-refractivity contribution in [3.63, 3.8) is 0 Å². The summed E-state index contributed by atoms with van der Waals surface area (Å²) in [6.45, 7) is 0. The first-order valence-electron chi connectivity index (χ1n) is 4.29. The van der Waals surface area contributed by atoms with Gasteiger partial charge in [-0.05, 0) is 19.3 Å². The number of carboxylic acid groups (broad SMARTS) is 1. The number of unbranched alkanes of at least 4 members (excludes halogenated alkanes) is 1. The molecule has 0 aromatic heterocycles. The topological polar surface area (TPSA) is 37.3 Å². The van der Waals surface area contributed by atoms with Gasteiger partial charge in [-0.3, -0.25) is 4.79 Å². The Labute approximate surface area is 88.3 Å². The van der Waals surface area contributed by atoms with Crippen LogP contribution in [0.2, 0.25) is 0 Å². The summed E-state index contributed by atoms with van der Waals surface area (Å²) in [6, 6.07) is 0. The molecule has 1 fully saturated rings. The van der Waals surface area contributed by atoms with E-state index in [1.807, 2.05) is 21.6 Å². The Kier molecular flexibility index (Phi) is 7.66. The Balaban J connectivity index is 0.00000144. The molecule has 1 rings (SSSR count). The Hall–Kier alpha value is 0.170. The predicted octanol–water partition coefficient (Wildman–Crippen LogP) is 3.42. The van der Waals surface area contributed by atoms with Crippen molar-refractivity contribution >= 4 is 27.6 Å². The monoisotopic (exact) mass is 222 g/mol. The van der Waals surface area contributed by atoms with Crippen molar-refractivity contribution in [3.05, 3.63) is 0 Å². The highest BCUT2D eigenvalue weighted by Crippen LogP contribution is 2.39. The zero-order valence-corrected chi connectivity index (χ0v) is 8.62. The first kappa shape index (κ1) is 13.2. The fourth-order valence-electron chi connectivity index (χ4n) is 1.21. The minimum absolute atomic E-state index is 0. The van der Waals surface area contributed by atoms with E-state index in [2.05, 4.69) is 0 Å². The van der Waals surface area contributed by atoms with Crippen LogP contribution >= 0.6 is 21.6 Å². The van der Waals surface area contributed by atoms with Crippen LogP contribution in [0.4, 0.5) is 0 Å². The van der Waals surface area contributed by atoms with Crippen LogP contribution in [0.3, 0.4) is 0 Å². The van der Waals surface area contributed by atoms with Crippen molar-refractivity contribution in [2.45, 2.75) is 44.8 Å². The molecule has 0 aliphatic carbocycles. The number of carboxylic acids is 1. The standard InChI is InChI=1S/C8H14O2S2.CH4/c9-8(10)4-2-1-3-7-5-6-11-12-7;/h7H,1-6H2,(H,9,10);1H4/t7-;/m1./s1. The van der Waals surface area contributed by atoms with E-state index in [9.17, 15) is 4.79 Å². The highest BCUT2D eigenvalue weighted by molar-refractivity contribution is 8.77. The minimum atomic E-state index is -0.663. The van der Waals surface area contributed by atoms with E-state index >= 15 is 0 Å². The van der Waals surface area contributed by atoms with Crippen LogP contribution < -0.4 is 0 Å². The Bertz CT molecular complexity index is 145. The van der Waals surface area contributed by atoms with E-state index < -0.39 is 5.97 Å². The molecule has 1 aliphatic heterocycles. The average molecular weight is 222 g/mol. The van der Waals surface area contributed by atoms with Gasteiger partial charge in [-0.25, -0.2) is 0 Å². The maximum absolute atomic E-state index is 10.2. The quantitative estimate of drug-likeness (QED) is 0.571. The van der Waals surface area contributed by atoms with Crippen LogP contribution in [0.5, 0.6) is 0 Å². The number of hydrogen-bond donors (Lipinski definition) is 1. The summed E-state index contributed by atoms with van der Waals surface area (Å²) in [5, 5.41) is 9.19. The van der Waals surface area contributed by atoms with Gasteiger partial charge in [0, 0.05) is 17.4 Å². The minimum Gasteiger partial charge on any atom is -0.481 e. The molecular weight excluding hydrogens is 204 g/mol. The third kappa shape index (κ3) is 6.27. The molecule has 1 atom stereocenters. The molecule has 1 aliphatic rings. The molecule has 1 heterocycles. The second-order valence-corrected chi connectivity index (χ2v) is 5.76. The third-order valence-corrected chi connectivity index (χ3v) is 4.90. The zero-order chi connectivity index (χ0) is 8.81. The van der Waals surface area contributed by atoms with Gasteiger partial charge in [-0.2, -0.15) is 0 Å². The van der Waals surface area contributed by atoms with E-state index in [4.69, 9.17) is 5.11 Å². The normalized spacial score (nSPS) is 21.1. The molecule has 0 spiro atoms. The molecule has 0 saturated carbocycles. The first-order valence-corrected chi connectivity index (χ1v) is 6.67. The molecular formula is C9H18O2S2. The fraction of sp³-hybridized carbons (Fsp3) is 0.889. The summed E-state index contributed by atoms with van der Waals surface area (Å²) in [5.74, 6) is 0.609. The molecule has 0 bridgehead atoms. The Morgan fingerprint density at radius 2 is 2.23 bits per heavy atom.